The van der Waals surface area contributed by atoms with Crippen LogP contribution in [0.3, 0.4) is 0 Å². The van der Waals surface area contributed by atoms with Crippen LogP contribution in [0.15, 0.2) is 42.7 Å². The number of pyridine rings is 1. The fourth-order valence-corrected chi connectivity index (χ4v) is 1.37. The first-order valence-corrected chi connectivity index (χ1v) is 4.89. The van der Waals surface area contributed by atoms with Gasteiger partial charge in [-0.25, -0.2) is 0 Å². The molecule has 0 saturated heterocycles. The van der Waals surface area contributed by atoms with E-state index >= 15 is 0 Å². The van der Waals surface area contributed by atoms with Crippen LogP contribution in [0.1, 0.15) is 10.4 Å². The summed E-state index contributed by atoms with van der Waals surface area (Å²) in [5.74, 6) is -0.758. The summed E-state index contributed by atoms with van der Waals surface area (Å²) in [6.45, 7) is 0. The molecule has 3 N–H and O–H groups in total. The fourth-order valence-electron chi connectivity index (χ4n) is 1.37. The third-order valence-electron chi connectivity index (χ3n) is 2.08. The van der Waals surface area contributed by atoms with E-state index in [4.69, 9.17) is 0 Å². The summed E-state index contributed by atoms with van der Waals surface area (Å²) in [4.78, 5) is 15.6. The zero-order valence-electron chi connectivity index (χ0n) is 8.79. The molecule has 0 unspecified atom stereocenters. The Hall–Kier alpha value is -2.56. The van der Waals surface area contributed by atoms with Crippen LogP contribution in [-0.4, -0.2) is 21.1 Å². The van der Waals surface area contributed by atoms with Crippen molar-refractivity contribution < 1.29 is 15.0 Å². The zero-order valence-corrected chi connectivity index (χ0v) is 8.79. The first-order chi connectivity index (χ1) is 8.15. The molecule has 1 aromatic carbocycles. The number of carbonyl (C=O) groups excluding carboxylic acids is 1. The van der Waals surface area contributed by atoms with E-state index in [0.717, 1.165) is 6.07 Å². The van der Waals surface area contributed by atoms with Crippen molar-refractivity contribution in [1.29, 1.82) is 0 Å². The number of phenols is 2. The van der Waals surface area contributed by atoms with Crippen LogP contribution in [0.5, 0.6) is 11.5 Å². The lowest BCUT2D eigenvalue weighted by atomic mass is 10.2. The second-order valence-corrected chi connectivity index (χ2v) is 3.43. The minimum atomic E-state index is -0.427. The Balaban J connectivity index is 2.20. The molecular formula is C12H10N2O3. The number of hydrogen-bond donors (Lipinski definition) is 3. The number of nitrogens with one attached hydrogen (secondary N) is 1. The zero-order chi connectivity index (χ0) is 12.3. The molecule has 0 aliphatic heterocycles. The molecule has 0 bridgehead atoms. The van der Waals surface area contributed by atoms with Crippen LogP contribution in [0.4, 0.5) is 5.69 Å². The minimum Gasteiger partial charge on any atom is -0.508 e. The molecule has 0 saturated carbocycles. The number of anilines is 1. The van der Waals surface area contributed by atoms with Gasteiger partial charge in [-0.05, 0) is 24.3 Å². The molecular weight excluding hydrogens is 220 g/mol. The number of nitrogens with zero attached hydrogens (tertiary/aromatic N) is 1. The van der Waals surface area contributed by atoms with Gasteiger partial charge >= 0.3 is 0 Å². The van der Waals surface area contributed by atoms with Gasteiger partial charge in [0.25, 0.3) is 5.91 Å². The van der Waals surface area contributed by atoms with Gasteiger partial charge in [0.05, 0.1) is 11.9 Å². The Labute approximate surface area is 97.4 Å². The largest absolute Gasteiger partial charge is 0.508 e. The van der Waals surface area contributed by atoms with Crippen LogP contribution < -0.4 is 5.32 Å². The smallest absolute Gasteiger partial charge is 0.255 e. The fraction of sp³-hybridized carbons (Fsp3) is 0. The third kappa shape index (κ3) is 2.72. The summed E-state index contributed by atoms with van der Waals surface area (Å²) < 4.78 is 0. The molecule has 5 heteroatoms. The Kier molecular flexibility index (Phi) is 2.91. The Bertz CT molecular complexity index is 520. The summed E-state index contributed by atoms with van der Waals surface area (Å²) in [6.07, 6.45) is 3.09. The third-order valence-corrected chi connectivity index (χ3v) is 2.08. The van der Waals surface area contributed by atoms with Crippen molar-refractivity contribution in [2.75, 3.05) is 5.32 Å². The summed E-state index contributed by atoms with van der Waals surface area (Å²) in [5, 5.41) is 21.1. The predicted molar refractivity (Wildman–Crippen MR) is 62.0 cm³/mol. The maximum Gasteiger partial charge on any atom is 0.255 e. The molecule has 1 amide bonds. The van der Waals surface area contributed by atoms with Gasteiger partial charge in [0.15, 0.2) is 0 Å². The lowest BCUT2D eigenvalue weighted by Gasteiger charge is -2.05. The average Bonchev–Trinajstić information content (AvgIpc) is 2.29. The van der Waals surface area contributed by atoms with E-state index in [0.29, 0.717) is 5.69 Å². The molecule has 0 aliphatic carbocycles. The van der Waals surface area contributed by atoms with Gasteiger partial charge in [0.1, 0.15) is 11.5 Å². The number of amides is 1. The van der Waals surface area contributed by atoms with Gasteiger partial charge < -0.3 is 15.5 Å². The number of aromatic nitrogens is 1. The maximum atomic E-state index is 11.8. The van der Waals surface area contributed by atoms with Crippen LogP contribution in [0.2, 0.25) is 0 Å². The van der Waals surface area contributed by atoms with Gasteiger partial charge in [-0.2, -0.15) is 0 Å². The molecule has 0 fully saturated rings. The van der Waals surface area contributed by atoms with Crippen molar-refractivity contribution >= 4 is 11.6 Å². The van der Waals surface area contributed by atoms with Crippen molar-refractivity contribution in [3.05, 3.63) is 48.3 Å². The number of rotatable bonds is 2. The minimum absolute atomic E-state index is 0.165. The summed E-state index contributed by atoms with van der Waals surface area (Å²) >= 11 is 0. The average molecular weight is 230 g/mol. The molecule has 17 heavy (non-hydrogen) atoms. The number of carbonyl (C=O) groups is 1. The standard InChI is InChI=1S/C12H10N2O3/c15-10-4-8(5-11(16)6-10)12(17)14-9-2-1-3-13-7-9/h1-7,15-16H,(H,14,17). The molecule has 0 spiro atoms. The first-order valence-electron chi connectivity index (χ1n) is 4.89. The highest BCUT2D eigenvalue weighted by molar-refractivity contribution is 6.04. The van der Waals surface area contributed by atoms with E-state index in [1.54, 1.807) is 18.3 Å². The maximum absolute atomic E-state index is 11.8. The van der Waals surface area contributed by atoms with Crippen molar-refractivity contribution in [1.82, 2.24) is 4.98 Å². The monoisotopic (exact) mass is 230 g/mol. The molecule has 5 nitrogen and oxygen atoms in total. The molecule has 86 valence electrons. The molecule has 2 rings (SSSR count). The Morgan fingerprint density at radius 1 is 1.18 bits per heavy atom. The number of aromatic hydroxyl groups is 2. The summed E-state index contributed by atoms with van der Waals surface area (Å²) in [7, 11) is 0. The molecule has 2 aromatic rings. The SMILES string of the molecule is O=C(Nc1cccnc1)c1cc(O)cc(O)c1. The van der Waals surface area contributed by atoms with Crippen molar-refractivity contribution in [2.45, 2.75) is 0 Å². The highest BCUT2D eigenvalue weighted by Gasteiger charge is 2.08. The second-order valence-electron chi connectivity index (χ2n) is 3.43. The van der Waals surface area contributed by atoms with Crippen molar-refractivity contribution in [3.63, 3.8) is 0 Å². The van der Waals surface area contributed by atoms with Crippen LogP contribution in [0, 0.1) is 0 Å². The molecule has 0 aliphatic rings. The van der Waals surface area contributed by atoms with Gasteiger partial charge in [-0.3, -0.25) is 9.78 Å². The van der Waals surface area contributed by atoms with Gasteiger partial charge in [0.2, 0.25) is 0 Å². The number of hydrogen-bond acceptors (Lipinski definition) is 4. The van der Waals surface area contributed by atoms with Gasteiger partial charge in [0, 0.05) is 17.8 Å². The molecule has 0 atom stereocenters. The number of phenolic OH excluding ortho intramolecular Hbond substituents is 2. The van der Waals surface area contributed by atoms with Crippen LogP contribution in [0.25, 0.3) is 0 Å². The first kappa shape index (κ1) is 10.9. The van der Waals surface area contributed by atoms with Crippen molar-refractivity contribution in [3.8, 4) is 11.5 Å². The second kappa shape index (κ2) is 4.52. The normalized spacial score (nSPS) is 9.88. The lowest BCUT2D eigenvalue weighted by Crippen LogP contribution is -2.11. The van der Waals surface area contributed by atoms with Crippen molar-refractivity contribution in [2.24, 2.45) is 0 Å². The predicted octanol–water partition coefficient (Wildman–Crippen LogP) is 1.75. The van der Waals surface area contributed by atoms with E-state index in [9.17, 15) is 15.0 Å². The van der Waals surface area contributed by atoms with E-state index in [2.05, 4.69) is 10.3 Å². The van der Waals surface area contributed by atoms with Gasteiger partial charge in [-0.15, -0.1) is 0 Å². The lowest BCUT2D eigenvalue weighted by molar-refractivity contribution is 0.102. The molecule has 1 heterocycles. The Morgan fingerprint density at radius 2 is 1.88 bits per heavy atom. The highest BCUT2D eigenvalue weighted by atomic mass is 16.3. The quantitative estimate of drug-likeness (QED) is 0.733. The van der Waals surface area contributed by atoms with E-state index in [-0.39, 0.29) is 17.1 Å². The molecule has 1 aromatic heterocycles. The topological polar surface area (TPSA) is 82.5 Å². The molecule has 0 radical (unpaired) electrons. The van der Waals surface area contributed by atoms with E-state index in [1.165, 1.54) is 18.3 Å². The van der Waals surface area contributed by atoms with E-state index < -0.39 is 5.91 Å². The summed E-state index contributed by atoms with van der Waals surface area (Å²) in [5.41, 5.74) is 0.715. The van der Waals surface area contributed by atoms with Crippen LogP contribution in [-0.2, 0) is 0 Å². The van der Waals surface area contributed by atoms with Gasteiger partial charge in [-0.1, -0.05) is 0 Å². The Morgan fingerprint density at radius 3 is 2.47 bits per heavy atom. The van der Waals surface area contributed by atoms with Crippen LogP contribution >= 0.6 is 0 Å². The van der Waals surface area contributed by atoms with E-state index in [1.807, 2.05) is 0 Å². The summed E-state index contributed by atoms with van der Waals surface area (Å²) in [6, 6.07) is 7.07. The highest BCUT2D eigenvalue weighted by Crippen LogP contribution is 2.21. The number of benzene rings is 1.